The number of nitrogen functional groups attached to an aromatic ring is 1. The lowest BCUT2D eigenvalue weighted by molar-refractivity contribution is -0.0769. The van der Waals surface area contributed by atoms with Gasteiger partial charge in [0.15, 0.2) is 0 Å². The van der Waals surface area contributed by atoms with Crippen molar-refractivity contribution < 1.29 is 4.74 Å². The van der Waals surface area contributed by atoms with Crippen LogP contribution in [0.3, 0.4) is 0 Å². The van der Waals surface area contributed by atoms with Gasteiger partial charge in [0.05, 0.1) is 12.2 Å². The van der Waals surface area contributed by atoms with Crippen LogP contribution >= 0.6 is 11.6 Å². The normalized spacial score (nSPS) is 25.4. The first-order chi connectivity index (χ1) is 9.44. The van der Waals surface area contributed by atoms with Crippen molar-refractivity contribution in [2.75, 3.05) is 30.7 Å². The molecule has 20 heavy (non-hydrogen) atoms. The Balaban J connectivity index is 1.89. The molecule has 7 heteroatoms. The molecule has 2 heterocycles. The molecular weight excluding hydrogens is 278 g/mol. The van der Waals surface area contributed by atoms with E-state index in [9.17, 15) is 0 Å². The minimum atomic E-state index is 0.182. The lowest BCUT2D eigenvalue weighted by Gasteiger charge is -2.39. The number of nitrogens with zero attached hydrogens (tertiary/aromatic N) is 3. The summed E-state index contributed by atoms with van der Waals surface area (Å²) in [5, 5.41) is 3.60. The van der Waals surface area contributed by atoms with Crippen LogP contribution in [0, 0.1) is 0 Å². The molecule has 0 radical (unpaired) electrons. The molecule has 1 aliphatic heterocycles. The number of halogens is 1. The van der Waals surface area contributed by atoms with Crippen LogP contribution < -0.4 is 11.1 Å². The monoisotopic (exact) mass is 299 g/mol. The molecule has 6 nitrogen and oxygen atoms in total. The summed E-state index contributed by atoms with van der Waals surface area (Å²) in [6.07, 6.45) is 0.538. The number of hydrogen-bond donors (Lipinski definition) is 2. The van der Waals surface area contributed by atoms with Gasteiger partial charge < -0.3 is 15.8 Å². The zero-order chi connectivity index (χ0) is 14.7. The van der Waals surface area contributed by atoms with Gasteiger partial charge in [0.1, 0.15) is 11.0 Å². The second-order valence-corrected chi connectivity index (χ2v) is 5.76. The van der Waals surface area contributed by atoms with E-state index in [4.69, 9.17) is 22.1 Å². The molecule has 1 aliphatic rings. The summed E-state index contributed by atoms with van der Waals surface area (Å²) in [4.78, 5) is 10.4. The number of ether oxygens (including phenoxy) is 1. The second kappa shape index (κ2) is 6.56. The van der Waals surface area contributed by atoms with Crippen molar-refractivity contribution >= 4 is 23.4 Å². The van der Waals surface area contributed by atoms with Crippen molar-refractivity contribution in [2.45, 2.75) is 39.0 Å². The van der Waals surface area contributed by atoms with E-state index in [1.165, 1.54) is 0 Å². The van der Waals surface area contributed by atoms with Gasteiger partial charge in [-0.05, 0) is 20.8 Å². The third kappa shape index (κ3) is 4.19. The van der Waals surface area contributed by atoms with Crippen LogP contribution in [-0.4, -0.2) is 52.8 Å². The molecule has 2 rings (SSSR count). The van der Waals surface area contributed by atoms with Gasteiger partial charge in [-0.2, -0.15) is 4.98 Å². The number of aromatic nitrogens is 2. The standard InChI is InChI=1S/C13H22ClN5O/c1-8(19-6-9(2)20-10(3)7-19)5-16-12-4-11(14)17-13(15)18-12/h4,8-10H,5-7H2,1-3H3,(H3,15,16,17,18)/t8-,9-,10+/m1/s1. The van der Waals surface area contributed by atoms with Gasteiger partial charge in [-0.1, -0.05) is 11.6 Å². The van der Waals surface area contributed by atoms with Crippen LogP contribution in [0.4, 0.5) is 11.8 Å². The smallest absolute Gasteiger partial charge is 0.223 e. The first kappa shape index (κ1) is 15.3. The van der Waals surface area contributed by atoms with E-state index in [0.717, 1.165) is 19.6 Å². The third-order valence-electron chi connectivity index (χ3n) is 3.36. The molecule has 0 bridgehead atoms. The lowest BCUT2D eigenvalue weighted by Crippen LogP contribution is -2.51. The fraction of sp³-hybridized carbons (Fsp3) is 0.692. The van der Waals surface area contributed by atoms with Crippen LogP contribution in [0.15, 0.2) is 6.07 Å². The molecular formula is C13H22ClN5O. The Bertz CT molecular complexity index is 428. The van der Waals surface area contributed by atoms with E-state index < -0.39 is 0 Å². The van der Waals surface area contributed by atoms with E-state index in [0.29, 0.717) is 17.0 Å². The highest BCUT2D eigenvalue weighted by molar-refractivity contribution is 6.29. The maximum Gasteiger partial charge on any atom is 0.223 e. The summed E-state index contributed by atoms with van der Waals surface area (Å²) >= 11 is 5.85. The summed E-state index contributed by atoms with van der Waals surface area (Å²) in [6.45, 7) is 9.05. The minimum Gasteiger partial charge on any atom is -0.373 e. The van der Waals surface area contributed by atoms with Gasteiger partial charge in [0.2, 0.25) is 5.95 Å². The molecule has 0 unspecified atom stereocenters. The fourth-order valence-electron chi connectivity index (χ4n) is 2.48. The molecule has 0 aromatic carbocycles. The number of hydrogen-bond acceptors (Lipinski definition) is 6. The quantitative estimate of drug-likeness (QED) is 0.823. The molecule has 1 fully saturated rings. The lowest BCUT2D eigenvalue weighted by atomic mass is 10.2. The van der Waals surface area contributed by atoms with Crippen LogP contribution in [0.5, 0.6) is 0 Å². The molecule has 112 valence electrons. The Kier molecular flexibility index (Phi) is 5.01. The predicted octanol–water partition coefficient (Wildman–Crippen LogP) is 1.62. The van der Waals surface area contributed by atoms with Crippen molar-refractivity contribution in [3.05, 3.63) is 11.2 Å². The summed E-state index contributed by atoms with van der Waals surface area (Å²) < 4.78 is 5.74. The van der Waals surface area contributed by atoms with Crippen molar-refractivity contribution in [1.29, 1.82) is 0 Å². The van der Waals surface area contributed by atoms with Crippen LogP contribution in [-0.2, 0) is 4.74 Å². The van der Waals surface area contributed by atoms with Gasteiger partial charge in [-0.25, -0.2) is 4.98 Å². The minimum absolute atomic E-state index is 0.182. The Morgan fingerprint density at radius 1 is 1.45 bits per heavy atom. The fourth-order valence-corrected chi connectivity index (χ4v) is 2.67. The number of anilines is 2. The van der Waals surface area contributed by atoms with E-state index in [2.05, 4.69) is 41.0 Å². The number of morpholine rings is 1. The SMILES string of the molecule is C[C@@H]1CN([C@H](C)CNc2cc(Cl)nc(N)n2)C[C@H](C)O1. The van der Waals surface area contributed by atoms with Crippen molar-refractivity contribution in [1.82, 2.24) is 14.9 Å². The summed E-state index contributed by atoms with van der Waals surface area (Å²) in [7, 11) is 0. The largest absolute Gasteiger partial charge is 0.373 e. The zero-order valence-electron chi connectivity index (χ0n) is 12.1. The maximum atomic E-state index is 5.85. The molecule has 3 atom stereocenters. The van der Waals surface area contributed by atoms with E-state index in [1.807, 2.05) is 0 Å². The summed E-state index contributed by atoms with van der Waals surface area (Å²) in [6, 6.07) is 2.05. The molecule has 0 saturated carbocycles. The molecule has 0 aliphatic carbocycles. The van der Waals surface area contributed by atoms with Gasteiger partial charge >= 0.3 is 0 Å². The predicted molar refractivity (Wildman–Crippen MR) is 81.0 cm³/mol. The molecule has 3 N–H and O–H groups in total. The average molecular weight is 300 g/mol. The first-order valence-electron chi connectivity index (χ1n) is 6.87. The highest BCUT2D eigenvalue weighted by atomic mass is 35.5. The topological polar surface area (TPSA) is 76.3 Å². The van der Waals surface area contributed by atoms with Crippen molar-refractivity contribution in [2.24, 2.45) is 0 Å². The average Bonchev–Trinajstić information content (AvgIpc) is 2.33. The molecule has 1 saturated heterocycles. The van der Waals surface area contributed by atoms with Gasteiger partial charge in [0.25, 0.3) is 0 Å². The summed E-state index contributed by atoms with van der Waals surface area (Å²) in [5.74, 6) is 0.838. The molecule has 1 aromatic rings. The van der Waals surface area contributed by atoms with Crippen LogP contribution in [0.2, 0.25) is 5.15 Å². The zero-order valence-corrected chi connectivity index (χ0v) is 12.9. The highest BCUT2D eigenvalue weighted by Crippen LogP contribution is 2.15. The van der Waals surface area contributed by atoms with Crippen LogP contribution in [0.1, 0.15) is 20.8 Å². The first-order valence-corrected chi connectivity index (χ1v) is 7.25. The van der Waals surface area contributed by atoms with Crippen molar-refractivity contribution in [3.8, 4) is 0 Å². The van der Waals surface area contributed by atoms with E-state index in [-0.39, 0.29) is 18.2 Å². The molecule has 1 aromatic heterocycles. The Morgan fingerprint density at radius 2 is 2.10 bits per heavy atom. The second-order valence-electron chi connectivity index (χ2n) is 5.38. The third-order valence-corrected chi connectivity index (χ3v) is 3.56. The van der Waals surface area contributed by atoms with Gasteiger partial charge in [-0.3, -0.25) is 4.90 Å². The number of rotatable bonds is 4. The Labute approximate surface area is 124 Å². The van der Waals surface area contributed by atoms with E-state index >= 15 is 0 Å². The van der Waals surface area contributed by atoms with Gasteiger partial charge in [0, 0.05) is 31.7 Å². The van der Waals surface area contributed by atoms with Gasteiger partial charge in [-0.15, -0.1) is 0 Å². The molecule has 0 amide bonds. The highest BCUT2D eigenvalue weighted by Gasteiger charge is 2.25. The van der Waals surface area contributed by atoms with Crippen LogP contribution in [0.25, 0.3) is 0 Å². The molecule has 0 spiro atoms. The van der Waals surface area contributed by atoms with E-state index in [1.54, 1.807) is 6.07 Å². The maximum absolute atomic E-state index is 5.85. The Morgan fingerprint density at radius 3 is 2.70 bits per heavy atom. The number of nitrogens with two attached hydrogens (primary N) is 1. The van der Waals surface area contributed by atoms with Crippen molar-refractivity contribution in [3.63, 3.8) is 0 Å². The number of nitrogens with one attached hydrogen (secondary N) is 1. The Hall–Kier alpha value is -1.11. The summed E-state index contributed by atoms with van der Waals surface area (Å²) in [5.41, 5.74) is 5.57.